The molecule has 0 fully saturated rings. The summed E-state index contributed by atoms with van der Waals surface area (Å²) in [6, 6.07) is 15.0. The van der Waals surface area contributed by atoms with E-state index in [4.69, 9.17) is 4.74 Å². The lowest BCUT2D eigenvalue weighted by Crippen LogP contribution is -2.23. The van der Waals surface area contributed by atoms with E-state index in [9.17, 15) is 9.59 Å². The molecule has 0 saturated heterocycles. The largest absolute Gasteiger partial charge is 0.460 e. The summed E-state index contributed by atoms with van der Waals surface area (Å²) in [5.41, 5.74) is 4.60. The first kappa shape index (κ1) is 19.1. The van der Waals surface area contributed by atoms with Gasteiger partial charge in [0, 0.05) is 10.9 Å². The van der Waals surface area contributed by atoms with Crippen LogP contribution in [0.2, 0.25) is 0 Å². The van der Waals surface area contributed by atoms with Crippen molar-refractivity contribution in [2.75, 3.05) is 6.61 Å². The van der Waals surface area contributed by atoms with Gasteiger partial charge in [0.25, 0.3) is 5.56 Å². The minimum Gasteiger partial charge on any atom is -0.460 e. The molecule has 5 nitrogen and oxygen atoms in total. The third kappa shape index (κ3) is 3.84. The second-order valence-electron chi connectivity index (χ2n) is 6.89. The SMILES string of the molecule is Cc1ccc(-c2csc3ncn(CCOC(=O)c4ccccc4)c(=O)c23)c(C)c1. The van der Waals surface area contributed by atoms with Gasteiger partial charge in [-0.05, 0) is 37.1 Å². The van der Waals surface area contributed by atoms with Crippen molar-refractivity contribution in [3.05, 3.63) is 87.3 Å². The highest BCUT2D eigenvalue weighted by atomic mass is 32.1. The number of aryl methyl sites for hydroxylation is 2. The van der Waals surface area contributed by atoms with Crippen molar-refractivity contribution < 1.29 is 9.53 Å². The Morgan fingerprint density at radius 3 is 2.66 bits per heavy atom. The van der Waals surface area contributed by atoms with Crippen molar-refractivity contribution in [3.8, 4) is 11.1 Å². The van der Waals surface area contributed by atoms with Gasteiger partial charge in [0.1, 0.15) is 11.4 Å². The number of ether oxygens (including phenoxy) is 1. The van der Waals surface area contributed by atoms with Crippen molar-refractivity contribution in [2.24, 2.45) is 0 Å². The fourth-order valence-electron chi connectivity index (χ4n) is 3.34. The molecule has 0 radical (unpaired) electrons. The number of thiophene rings is 1. The molecule has 0 amide bonds. The average Bonchev–Trinajstić information content (AvgIpc) is 3.15. The van der Waals surface area contributed by atoms with E-state index in [1.807, 2.05) is 37.4 Å². The number of nitrogens with zero attached hydrogens (tertiary/aromatic N) is 2. The molecule has 0 aliphatic carbocycles. The van der Waals surface area contributed by atoms with Crippen molar-refractivity contribution >= 4 is 27.5 Å². The lowest BCUT2D eigenvalue weighted by atomic mass is 9.99. The molecule has 0 spiro atoms. The highest BCUT2D eigenvalue weighted by molar-refractivity contribution is 7.17. The van der Waals surface area contributed by atoms with E-state index in [0.717, 1.165) is 16.7 Å². The molecule has 2 heterocycles. The van der Waals surface area contributed by atoms with Crippen molar-refractivity contribution in [1.82, 2.24) is 9.55 Å². The Labute approximate surface area is 172 Å². The number of rotatable bonds is 5. The number of aromatic nitrogens is 2. The van der Waals surface area contributed by atoms with Gasteiger partial charge in [0.05, 0.1) is 23.8 Å². The fourth-order valence-corrected chi connectivity index (χ4v) is 4.23. The van der Waals surface area contributed by atoms with Crippen LogP contribution in [0.25, 0.3) is 21.3 Å². The van der Waals surface area contributed by atoms with E-state index in [0.29, 0.717) is 15.8 Å². The Kier molecular flexibility index (Phi) is 5.27. The van der Waals surface area contributed by atoms with Gasteiger partial charge >= 0.3 is 5.97 Å². The highest BCUT2D eigenvalue weighted by Gasteiger charge is 2.15. The molecule has 2 aromatic heterocycles. The first-order valence-corrected chi connectivity index (χ1v) is 10.2. The molecule has 0 N–H and O–H groups in total. The first-order chi connectivity index (χ1) is 14.0. The Morgan fingerprint density at radius 1 is 1.10 bits per heavy atom. The number of carbonyl (C=O) groups excluding carboxylic acids is 1. The van der Waals surface area contributed by atoms with E-state index in [1.165, 1.54) is 27.8 Å². The van der Waals surface area contributed by atoms with Gasteiger partial charge in [0.15, 0.2) is 0 Å². The lowest BCUT2D eigenvalue weighted by Gasteiger charge is -2.09. The van der Waals surface area contributed by atoms with Crippen LogP contribution in [0.15, 0.2) is 65.0 Å². The second kappa shape index (κ2) is 8.01. The maximum atomic E-state index is 13.1. The number of hydrogen-bond donors (Lipinski definition) is 0. The number of fused-ring (bicyclic) bond motifs is 1. The Balaban J connectivity index is 1.59. The summed E-state index contributed by atoms with van der Waals surface area (Å²) in [5.74, 6) is -0.404. The van der Waals surface area contributed by atoms with E-state index in [2.05, 4.69) is 11.1 Å². The molecule has 0 atom stereocenters. The number of carbonyl (C=O) groups is 1. The van der Waals surface area contributed by atoms with Crippen LogP contribution >= 0.6 is 11.3 Å². The smallest absolute Gasteiger partial charge is 0.338 e. The zero-order valence-electron chi connectivity index (χ0n) is 16.2. The third-order valence-corrected chi connectivity index (χ3v) is 5.69. The van der Waals surface area contributed by atoms with Gasteiger partial charge < -0.3 is 4.74 Å². The van der Waals surface area contributed by atoms with Gasteiger partial charge in [-0.25, -0.2) is 9.78 Å². The van der Waals surface area contributed by atoms with E-state index in [1.54, 1.807) is 24.3 Å². The molecule has 29 heavy (non-hydrogen) atoms. The van der Waals surface area contributed by atoms with E-state index in [-0.39, 0.29) is 18.7 Å². The Hall–Kier alpha value is -3.25. The maximum Gasteiger partial charge on any atom is 0.338 e. The minimum absolute atomic E-state index is 0.101. The van der Waals surface area contributed by atoms with Crippen molar-refractivity contribution in [1.29, 1.82) is 0 Å². The summed E-state index contributed by atoms with van der Waals surface area (Å²) in [6.07, 6.45) is 1.52. The first-order valence-electron chi connectivity index (χ1n) is 9.31. The molecule has 4 rings (SSSR count). The van der Waals surface area contributed by atoms with E-state index >= 15 is 0 Å². The van der Waals surface area contributed by atoms with Crippen LogP contribution in [0.4, 0.5) is 0 Å². The molecule has 146 valence electrons. The standard InChI is InChI=1S/C23H20N2O3S/c1-15-8-9-18(16(2)12-15)19-13-29-21-20(19)22(26)25(14-24-21)10-11-28-23(27)17-6-4-3-5-7-17/h3-9,12-14H,10-11H2,1-2H3. The third-order valence-electron chi connectivity index (χ3n) is 4.81. The van der Waals surface area contributed by atoms with Crippen LogP contribution in [0.5, 0.6) is 0 Å². The van der Waals surface area contributed by atoms with Gasteiger partial charge in [-0.2, -0.15) is 0 Å². The molecule has 0 aliphatic heterocycles. The van der Waals surface area contributed by atoms with Crippen LogP contribution in [0, 0.1) is 13.8 Å². The number of esters is 1. The summed E-state index contributed by atoms with van der Waals surface area (Å²) >= 11 is 1.46. The van der Waals surface area contributed by atoms with Crippen LogP contribution in [0.1, 0.15) is 21.5 Å². The average molecular weight is 404 g/mol. The number of hydrogen-bond acceptors (Lipinski definition) is 5. The predicted octanol–water partition coefficient (Wildman–Crippen LogP) is 4.60. The molecule has 6 heteroatoms. The summed E-state index contributed by atoms with van der Waals surface area (Å²) in [4.78, 5) is 30.3. The highest BCUT2D eigenvalue weighted by Crippen LogP contribution is 2.32. The van der Waals surface area contributed by atoms with Crippen molar-refractivity contribution in [2.45, 2.75) is 20.4 Å². The summed E-state index contributed by atoms with van der Waals surface area (Å²) in [7, 11) is 0. The molecule has 0 unspecified atom stereocenters. The molecular weight excluding hydrogens is 384 g/mol. The molecule has 0 saturated carbocycles. The topological polar surface area (TPSA) is 61.2 Å². The van der Waals surface area contributed by atoms with Gasteiger partial charge in [-0.15, -0.1) is 11.3 Å². The molecule has 0 aliphatic rings. The van der Waals surface area contributed by atoms with Gasteiger partial charge in [-0.1, -0.05) is 42.0 Å². The van der Waals surface area contributed by atoms with Crippen LogP contribution < -0.4 is 5.56 Å². The monoisotopic (exact) mass is 404 g/mol. The predicted molar refractivity (Wildman–Crippen MR) is 116 cm³/mol. The van der Waals surface area contributed by atoms with Crippen LogP contribution in [-0.2, 0) is 11.3 Å². The zero-order chi connectivity index (χ0) is 20.4. The van der Waals surface area contributed by atoms with Gasteiger partial charge in [0.2, 0.25) is 0 Å². The summed E-state index contributed by atoms with van der Waals surface area (Å²) < 4.78 is 6.80. The quantitative estimate of drug-likeness (QED) is 0.456. The second-order valence-corrected chi connectivity index (χ2v) is 7.75. The molecule has 0 bridgehead atoms. The molecule has 4 aromatic rings. The normalized spacial score (nSPS) is 11.0. The summed E-state index contributed by atoms with van der Waals surface area (Å²) in [5, 5.41) is 2.59. The van der Waals surface area contributed by atoms with Crippen LogP contribution in [0.3, 0.4) is 0 Å². The Bertz CT molecular complexity index is 1240. The van der Waals surface area contributed by atoms with E-state index < -0.39 is 5.97 Å². The maximum absolute atomic E-state index is 13.1. The molecule has 2 aromatic carbocycles. The van der Waals surface area contributed by atoms with Crippen molar-refractivity contribution in [3.63, 3.8) is 0 Å². The fraction of sp³-hybridized carbons (Fsp3) is 0.174. The molecular formula is C23H20N2O3S. The minimum atomic E-state index is -0.404. The number of benzene rings is 2. The van der Waals surface area contributed by atoms with Gasteiger partial charge in [-0.3, -0.25) is 9.36 Å². The summed E-state index contributed by atoms with van der Waals surface area (Å²) in [6.45, 7) is 4.45. The zero-order valence-corrected chi connectivity index (χ0v) is 17.0. The van der Waals surface area contributed by atoms with Crippen LogP contribution in [-0.4, -0.2) is 22.1 Å². The lowest BCUT2D eigenvalue weighted by molar-refractivity contribution is 0.0490. The Morgan fingerprint density at radius 2 is 1.90 bits per heavy atom.